The van der Waals surface area contributed by atoms with Crippen molar-refractivity contribution >= 4 is 17.5 Å². The third-order valence-corrected chi connectivity index (χ3v) is 3.56. The lowest BCUT2D eigenvalue weighted by atomic mass is 10.1. The Labute approximate surface area is 138 Å². The van der Waals surface area contributed by atoms with Gasteiger partial charge in [0, 0.05) is 24.1 Å². The van der Waals surface area contributed by atoms with E-state index in [2.05, 4.69) is 0 Å². The van der Waals surface area contributed by atoms with Crippen molar-refractivity contribution in [1.29, 1.82) is 0 Å². The van der Waals surface area contributed by atoms with E-state index < -0.39 is 4.92 Å². The Hall–Kier alpha value is -3.15. The number of hydrogen-bond donors (Lipinski definition) is 0. The highest BCUT2D eigenvalue weighted by Crippen LogP contribution is 2.30. The summed E-state index contributed by atoms with van der Waals surface area (Å²) in [6, 6.07) is 11.0. The summed E-state index contributed by atoms with van der Waals surface area (Å²) in [5, 5.41) is 10.6. The minimum Gasteiger partial charge on any atom is -0.490 e. The van der Waals surface area contributed by atoms with Crippen LogP contribution in [-0.2, 0) is 0 Å². The highest BCUT2D eigenvalue weighted by atomic mass is 16.6. The van der Waals surface area contributed by atoms with Crippen LogP contribution in [0.5, 0.6) is 11.5 Å². The lowest BCUT2D eigenvalue weighted by Gasteiger charge is -2.07. The molecule has 0 unspecified atom stereocenters. The number of nitro groups is 1. The molecule has 0 spiro atoms. The molecule has 1 heterocycles. The molecule has 6 nitrogen and oxygen atoms in total. The molecule has 0 amide bonds. The summed E-state index contributed by atoms with van der Waals surface area (Å²) in [6.45, 7) is 1.22. The van der Waals surface area contributed by atoms with Crippen LogP contribution in [0.2, 0.25) is 0 Å². The zero-order valence-corrected chi connectivity index (χ0v) is 12.8. The van der Waals surface area contributed by atoms with Gasteiger partial charge >= 0.3 is 0 Å². The van der Waals surface area contributed by atoms with Gasteiger partial charge in [0.05, 0.1) is 18.1 Å². The van der Waals surface area contributed by atoms with Gasteiger partial charge in [0.15, 0.2) is 17.3 Å². The second kappa shape index (κ2) is 6.95. The second-order valence-electron chi connectivity index (χ2n) is 5.26. The molecule has 0 bridgehead atoms. The standard InChI is InChI=1S/C18H15NO5/c20-16(14-4-6-15(7-5-14)19(21)22)8-2-13-3-9-17-18(12-13)24-11-1-10-23-17/h2-9,12H,1,10-11H2/b8-2+. The molecule has 2 aromatic rings. The van der Waals surface area contributed by atoms with E-state index in [0.29, 0.717) is 30.3 Å². The van der Waals surface area contributed by atoms with Gasteiger partial charge in [-0.05, 0) is 35.9 Å². The SMILES string of the molecule is O=C(/C=C/c1ccc2c(c1)OCCCO2)c1ccc([N+](=O)[O-])cc1. The Kier molecular flexibility index (Phi) is 4.56. The smallest absolute Gasteiger partial charge is 0.269 e. The van der Waals surface area contributed by atoms with E-state index in [1.165, 1.54) is 30.3 Å². The average molecular weight is 325 g/mol. The molecule has 3 rings (SSSR count). The van der Waals surface area contributed by atoms with E-state index in [1.54, 1.807) is 6.08 Å². The van der Waals surface area contributed by atoms with Gasteiger partial charge in [-0.2, -0.15) is 0 Å². The van der Waals surface area contributed by atoms with Crippen LogP contribution in [0.1, 0.15) is 22.3 Å². The van der Waals surface area contributed by atoms with Crippen LogP contribution in [0.15, 0.2) is 48.5 Å². The van der Waals surface area contributed by atoms with Crippen molar-refractivity contribution in [3.05, 3.63) is 69.8 Å². The highest BCUT2D eigenvalue weighted by molar-refractivity contribution is 6.06. The maximum atomic E-state index is 12.1. The Balaban J connectivity index is 1.74. The maximum Gasteiger partial charge on any atom is 0.269 e. The van der Waals surface area contributed by atoms with Crippen molar-refractivity contribution in [2.45, 2.75) is 6.42 Å². The van der Waals surface area contributed by atoms with Gasteiger partial charge in [-0.25, -0.2) is 0 Å². The molecule has 0 saturated heterocycles. The van der Waals surface area contributed by atoms with E-state index in [1.807, 2.05) is 18.2 Å². The van der Waals surface area contributed by atoms with Gasteiger partial charge in [0.2, 0.25) is 0 Å². The predicted octanol–water partition coefficient (Wildman–Crippen LogP) is 3.65. The lowest BCUT2D eigenvalue weighted by Crippen LogP contribution is -1.97. The van der Waals surface area contributed by atoms with Gasteiger partial charge < -0.3 is 9.47 Å². The Morgan fingerprint density at radius 2 is 1.75 bits per heavy atom. The molecule has 0 aliphatic carbocycles. The number of non-ortho nitro benzene ring substituents is 1. The predicted molar refractivity (Wildman–Crippen MR) is 88.5 cm³/mol. The first-order valence-electron chi connectivity index (χ1n) is 7.50. The maximum absolute atomic E-state index is 12.1. The number of hydrogen-bond acceptors (Lipinski definition) is 5. The van der Waals surface area contributed by atoms with Crippen molar-refractivity contribution in [3.63, 3.8) is 0 Å². The van der Waals surface area contributed by atoms with Crippen molar-refractivity contribution in [1.82, 2.24) is 0 Å². The molecule has 0 fully saturated rings. The topological polar surface area (TPSA) is 78.7 Å². The van der Waals surface area contributed by atoms with E-state index in [4.69, 9.17) is 9.47 Å². The molecule has 2 aromatic carbocycles. The summed E-state index contributed by atoms with van der Waals surface area (Å²) >= 11 is 0. The third-order valence-electron chi connectivity index (χ3n) is 3.56. The Bertz CT molecular complexity index is 796. The quantitative estimate of drug-likeness (QED) is 0.371. The zero-order chi connectivity index (χ0) is 16.9. The Morgan fingerprint density at radius 3 is 2.46 bits per heavy atom. The molecular weight excluding hydrogens is 310 g/mol. The van der Waals surface area contributed by atoms with Crippen molar-refractivity contribution in [3.8, 4) is 11.5 Å². The summed E-state index contributed by atoms with van der Waals surface area (Å²) in [5.41, 5.74) is 1.17. The summed E-state index contributed by atoms with van der Waals surface area (Å²) in [7, 11) is 0. The normalized spacial score (nSPS) is 13.5. The first-order chi connectivity index (χ1) is 11.6. The summed E-state index contributed by atoms with van der Waals surface area (Å²) in [6.07, 6.45) is 3.94. The summed E-state index contributed by atoms with van der Waals surface area (Å²) in [4.78, 5) is 22.3. The molecule has 0 radical (unpaired) electrons. The Morgan fingerprint density at radius 1 is 1.04 bits per heavy atom. The van der Waals surface area contributed by atoms with E-state index in [-0.39, 0.29) is 11.5 Å². The number of ether oxygens (including phenoxy) is 2. The number of nitrogens with zero attached hydrogens (tertiary/aromatic N) is 1. The minimum atomic E-state index is -0.498. The van der Waals surface area contributed by atoms with E-state index in [0.717, 1.165) is 12.0 Å². The number of carbonyl (C=O) groups excluding carboxylic acids is 1. The van der Waals surface area contributed by atoms with Crippen LogP contribution in [0, 0.1) is 10.1 Å². The van der Waals surface area contributed by atoms with Gasteiger partial charge in [0.25, 0.3) is 5.69 Å². The zero-order valence-electron chi connectivity index (χ0n) is 12.8. The highest BCUT2D eigenvalue weighted by Gasteiger charge is 2.10. The van der Waals surface area contributed by atoms with Gasteiger partial charge in [-0.1, -0.05) is 12.1 Å². The van der Waals surface area contributed by atoms with Crippen LogP contribution in [0.3, 0.4) is 0 Å². The fourth-order valence-corrected chi connectivity index (χ4v) is 2.30. The summed E-state index contributed by atoms with van der Waals surface area (Å²) in [5.74, 6) is 1.14. The molecule has 0 N–H and O–H groups in total. The first kappa shape index (κ1) is 15.7. The number of rotatable bonds is 4. The monoisotopic (exact) mass is 325 g/mol. The van der Waals surface area contributed by atoms with Crippen LogP contribution in [-0.4, -0.2) is 23.9 Å². The number of ketones is 1. The minimum absolute atomic E-state index is 0.0431. The van der Waals surface area contributed by atoms with Gasteiger partial charge in [-0.15, -0.1) is 0 Å². The van der Waals surface area contributed by atoms with Crippen LogP contribution in [0.4, 0.5) is 5.69 Å². The van der Waals surface area contributed by atoms with Gasteiger partial charge in [0.1, 0.15) is 0 Å². The third kappa shape index (κ3) is 3.60. The van der Waals surface area contributed by atoms with E-state index in [9.17, 15) is 14.9 Å². The summed E-state index contributed by atoms with van der Waals surface area (Å²) < 4.78 is 11.2. The lowest BCUT2D eigenvalue weighted by molar-refractivity contribution is -0.384. The molecule has 1 aliphatic heterocycles. The molecule has 24 heavy (non-hydrogen) atoms. The number of nitro benzene ring substituents is 1. The molecule has 0 saturated carbocycles. The second-order valence-corrected chi connectivity index (χ2v) is 5.26. The number of benzene rings is 2. The van der Waals surface area contributed by atoms with E-state index >= 15 is 0 Å². The van der Waals surface area contributed by atoms with Crippen LogP contribution in [0.25, 0.3) is 6.08 Å². The molecule has 0 atom stereocenters. The first-order valence-corrected chi connectivity index (χ1v) is 7.50. The molecular formula is C18H15NO5. The van der Waals surface area contributed by atoms with Crippen molar-refractivity contribution in [2.24, 2.45) is 0 Å². The molecule has 122 valence electrons. The van der Waals surface area contributed by atoms with Crippen molar-refractivity contribution in [2.75, 3.05) is 13.2 Å². The number of allylic oxidation sites excluding steroid dienone is 1. The van der Waals surface area contributed by atoms with Crippen LogP contribution >= 0.6 is 0 Å². The number of fused-ring (bicyclic) bond motifs is 1. The van der Waals surface area contributed by atoms with Gasteiger partial charge in [-0.3, -0.25) is 14.9 Å². The fourth-order valence-electron chi connectivity index (χ4n) is 2.30. The molecule has 1 aliphatic rings. The molecule has 0 aromatic heterocycles. The average Bonchev–Trinajstić information content (AvgIpc) is 2.84. The largest absolute Gasteiger partial charge is 0.490 e. The van der Waals surface area contributed by atoms with Crippen LogP contribution < -0.4 is 9.47 Å². The molecule has 6 heteroatoms. The fraction of sp³-hybridized carbons (Fsp3) is 0.167. The van der Waals surface area contributed by atoms with Crippen molar-refractivity contribution < 1.29 is 19.2 Å². The number of carbonyl (C=O) groups is 1.